The highest BCUT2D eigenvalue weighted by molar-refractivity contribution is 5.94. The van der Waals surface area contributed by atoms with Crippen molar-refractivity contribution < 1.29 is 23.0 Å². The molecular weight excluding hydrogens is 382 g/mol. The van der Waals surface area contributed by atoms with E-state index in [2.05, 4.69) is 25.6 Å². The molecule has 1 aliphatic heterocycles. The topological polar surface area (TPSA) is 88.3 Å². The predicted molar refractivity (Wildman–Crippen MR) is 96.9 cm³/mol. The number of hydrogen-bond acceptors (Lipinski definition) is 5. The van der Waals surface area contributed by atoms with E-state index in [9.17, 15) is 13.6 Å². The quantitative estimate of drug-likeness (QED) is 0.659. The van der Waals surface area contributed by atoms with Crippen LogP contribution in [-0.4, -0.2) is 42.9 Å². The van der Waals surface area contributed by atoms with Crippen molar-refractivity contribution in [1.29, 1.82) is 0 Å². The largest absolute Gasteiger partial charge is 0.493 e. The van der Waals surface area contributed by atoms with E-state index in [1.165, 1.54) is 13.2 Å². The molecule has 1 aromatic heterocycles. The standard InChI is InChI=1S/C17H20F2N4O3.ClH/c1-25-13-3-2-10(8-14(13)26-17(18)19)4-7-21-16(24)15-11-9-20-6-5-12(11)22-23-15;/h2-3,8,17,20H,4-7,9H2,1H3,(H,21,24)(H,22,23);1H. The summed E-state index contributed by atoms with van der Waals surface area (Å²) in [6.45, 7) is -1.12. The summed E-state index contributed by atoms with van der Waals surface area (Å²) >= 11 is 0. The summed E-state index contributed by atoms with van der Waals surface area (Å²) in [6, 6.07) is 4.78. The number of amides is 1. The zero-order valence-corrected chi connectivity index (χ0v) is 15.5. The molecule has 0 unspecified atom stereocenters. The number of carbonyl (C=O) groups excluding carboxylic acids is 1. The molecule has 0 saturated heterocycles. The average molecular weight is 403 g/mol. The van der Waals surface area contributed by atoms with Gasteiger partial charge >= 0.3 is 6.61 Å². The Morgan fingerprint density at radius 1 is 1.37 bits per heavy atom. The lowest BCUT2D eigenvalue weighted by molar-refractivity contribution is -0.0512. The van der Waals surface area contributed by atoms with Crippen molar-refractivity contribution in [1.82, 2.24) is 20.8 Å². The maximum Gasteiger partial charge on any atom is 0.387 e. The molecule has 1 aromatic carbocycles. The molecule has 10 heteroatoms. The molecule has 27 heavy (non-hydrogen) atoms. The number of hydrogen-bond donors (Lipinski definition) is 3. The molecule has 2 heterocycles. The first kappa shape index (κ1) is 20.9. The number of benzene rings is 1. The van der Waals surface area contributed by atoms with E-state index >= 15 is 0 Å². The van der Waals surface area contributed by atoms with Crippen LogP contribution in [0.15, 0.2) is 18.2 Å². The Kier molecular flexibility index (Phi) is 7.37. The maximum absolute atomic E-state index is 12.5. The molecule has 148 valence electrons. The minimum absolute atomic E-state index is 0. The van der Waals surface area contributed by atoms with Gasteiger partial charge in [0, 0.05) is 37.3 Å². The van der Waals surface area contributed by atoms with E-state index in [0.717, 1.165) is 29.8 Å². The van der Waals surface area contributed by atoms with E-state index in [1.54, 1.807) is 12.1 Å². The number of nitrogens with zero attached hydrogens (tertiary/aromatic N) is 1. The van der Waals surface area contributed by atoms with Crippen LogP contribution in [0.4, 0.5) is 8.78 Å². The Labute approximate surface area is 161 Å². The number of nitrogens with one attached hydrogen (secondary N) is 3. The molecule has 2 aromatic rings. The fourth-order valence-electron chi connectivity index (χ4n) is 2.88. The minimum atomic E-state index is -2.93. The van der Waals surface area contributed by atoms with Crippen LogP contribution in [0.5, 0.6) is 11.5 Å². The third kappa shape index (κ3) is 5.08. The number of rotatable bonds is 7. The second-order valence-corrected chi connectivity index (χ2v) is 5.83. The van der Waals surface area contributed by atoms with Crippen molar-refractivity contribution in [2.45, 2.75) is 26.0 Å². The van der Waals surface area contributed by atoms with Gasteiger partial charge in [-0.25, -0.2) is 0 Å². The Hall–Kier alpha value is -2.39. The lowest BCUT2D eigenvalue weighted by Gasteiger charge is -2.13. The maximum atomic E-state index is 12.5. The molecule has 1 amide bonds. The summed E-state index contributed by atoms with van der Waals surface area (Å²) in [5.41, 5.74) is 3.01. The molecule has 0 radical (unpaired) electrons. The van der Waals surface area contributed by atoms with Crippen molar-refractivity contribution in [3.8, 4) is 11.5 Å². The summed E-state index contributed by atoms with van der Waals surface area (Å²) in [4.78, 5) is 12.3. The average Bonchev–Trinajstić information content (AvgIpc) is 3.05. The van der Waals surface area contributed by atoms with E-state index < -0.39 is 6.61 Å². The van der Waals surface area contributed by atoms with Gasteiger partial charge < -0.3 is 20.1 Å². The first-order valence-electron chi connectivity index (χ1n) is 8.25. The first-order chi connectivity index (χ1) is 12.6. The number of methoxy groups -OCH3 is 1. The molecule has 0 bridgehead atoms. The Morgan fingerprint density at radius 3 is 2.93 bits per heavy atom. The normalized spacial score (nSPS) is 12.9. The molecule has 0 spiro atoms. The van der Waals surface area contributed by atoms with Crippen LogP contribution >= 0.6 is 12.4 Å². The van der Waals surface area contributed by atoms with E-state index in [-0.39, 0.29) is 29.8 Å². The SMILES string of the molecule is COc1ccc(CCNC(=O)c2n[nH]c3c2CNCC3)cc1OC(F)F.Cl. The summed E-state index contributed by atoms with van der Waals surface area (Å²) in [5, 5.41) is 13.0. The third-order valence-electron chi connectivity index (χ3n) is 4.16. The van der Waals surface area contributed by atoms with Crippen molar-refractivity contribution in [3.05, 3.63) is 40.7 Å². The fourth-order valence-corrected chi connectivity index (χ4v) is 2.88. The van der Waals surface area contributed by atoms with Crippen molar-refractivity contribution in [2.75, 3.05) is 20.2 Å². The number of aromatic amines is 1. The van der Waals surface area contributed by atoms with Crippen molar-refractivity contribution >= 4 is 18.3 Å². The zero-order chi connectivity index (χ0) is 18.5. The molecule has 0 fully saturated rings. The van der Waals surface area contributed by atoms with Gasteiger partial charge in [-0.3, -0.25) is 9.89 Å². The molecule has 7 nitrogen and oxygen atoms in total. The van der Waals surface area contributed by atoms with Gasteiger partial charge in [0.25, 0.3) is 5.91 Å². The zero-order valence-electron chi connectivity index (χ0n) is 14.7. The number of fused-ring (bicyclic) bond motifs is 1. The third-order valence-corrected chi connectivity index (χ3v) is 4.16. The smallest absolute Gasteiger partial charge is 0.387 e. The molecule has 1 aliphatic rings. The van der Waals surface area contributed by atoms with Crippen molar-refractivity contribution in [2.24, 2.45) is 0 Å². The number of aromatic nitrogens is 2. The summed E-state index contributed by atoms with van der Waals surface area (Å²) in [7, 11) is 1.38. The lowest BCUT2D eigenvalue weighted by atomic mass is 10.1. The molecule has 3 rings (SSSR count). The second-order valence-electron chi connectivity index (χ2n) is 5.83. The van der Waals surface area contributed by atoms with Crippen LogP contribution in [0.25, 0.3) is 0 Å². The summed E-state index contributed by atoms with van der Waals surface area (Å²) in [5.74, 6) is -0.0590. The van der Waals surface area contributed by atoms with Crippen LogP contribution in [-0.2, 0) is 19.4 Å². The number of H-pyrrole nitrogens is 1. The van der Waals surface area contributed by atoms with Crippen LogP contribution in [0, 0.1) is 0 Å². The number of ether oxygens (including phenoxy) is 2. The van der Waals surface area contributed by atoms with Crippen LogP contribution in [0.2, 0.25) is 0 Å². The summed E-state index contributed by atoms with van der Waals surface area (Å²) in [6.07, 6.45) is 1.27. The lowest BCUT2D eigenvalue weighted by Crippen LogP contribution is -2.29. The number of alkyl halides is 2. The van der Waals surface area contributed by atoms with E-state index in [4.69, 9.17) is 4.74 Å². The first-order valence-corrected chi connectivity index (χ1v) is 8.25. The van der Waals surface area contributed by atoms with Gasteiger partial charge in [-0.15, -0.1) is 12.4 Å². The van der Waals surface area contributed by atoms with Gasteiger partial charge in [0.05, 0.1) is 7.11 Å². The van der Waals surface area contributed by atoms with Gasteiger partial charge in [0.2, 0.25) is 0 Å². The highest BCUT2D eigenvalue weighted by atomic mass is 35.5. The fraction of sp³-hybridized carbons (Fsp3) is 0.412. The van der Waals surface area contributed by atoms with Crippen molar-refractivity contribution in [3.63, 3.8) is 0 Å². The number of carbonyl (C=O) groups is 1. The van der Waals surface area contributed by atoms with Gasteiger partial charge in [0.15, 0.2) is 17.2 Å². The highest BCUT2D eigenvalue weighted by Crippen LogP contribution is 2.29. The number of halogens is 3. The molecule has 3 N–H and O–H groups in total. The molecule has 0 atom stereocenters. The monoisotopic (exact) mass is 402 g/mol. The summed E-state index contributed by atoms with van der Waals surface area (Å²) < 4.78 is 34.4. The van der Waals surface area contributed by atoms with Crippen LogP contribution in [0.1, 0.15) is 27.3 Å². The van der Waals surface area contributed by atoms with Crippen LogP contribution < -0.4 is 20.1 Å². The Balaban J connectivity index is 0.00000261. The van der Waals surface area contributed by atoms with E-state index in [1.807, 2.05) is 0 Å². The van der Waals surface area contributed by atoms with Gasteiger partial charge in [0.1, 0.15) is 0 Å². The Morgan fingerprint density at radius 2 is 2.19 bits per heavy atom. The molecule has 0 saturated carbocycles. The second kappa shape index (κ2) is 9.52. The molecular formula is C17H21ClF2N4O3. The van der Waals surface area contributed by atoms with Crippen LogP contribution in [0.3, 0.4) is 0 Å². The van der Waals surface area contributed by atoms with Gasteiger partial charge in [-0.1, -0.05) is 6.07 Å². The van der Waals surface area contributed by atoms with Gasteiger partial charge in [-0.2, -0.15) is 13.9 Å². The minimum Gasteiger partial charge on any atom is -0.493 e. The van der Waals surface area contributed by atoms with Gasteiger partial charge in [-0.05, 0) is 24.1 Å². The molecule has 0 aliphatic carbocycles. The predicted octanol–water partition coefficient (Wildman–Crippen LogP) is 2.06. The Bertz CT molecular complexity index is 786. The van der Waals surface area contributed by atoms with E-state index in [0.29, 0.717) is 25.2 Å². The highest BCUT2D eigenvalue weighted by Gasteiger charge is 2.21.